The fourth-order valence-electron chi connectivity index (χ4n) is 6.14. The molecule has 0 unspecified atom stereocenters. The summed E-state index contributed by atoms with van der Waals surface area (Å²) in [5.74, 6) is 1.96. The van der Waals surface area contributed by atoms with E-state index in [-0.39, 0.29) is 0 Å². The Hall–Kier alpha value is -5.67. The van der Waals surface area contributed by atoms with Gasteiger partial charge in [-0.2, -0.15) is 0 Å². The van der Waals surface area contributed by atoms with Crippen molar-refractivity contribution in [2.24, 2.45) is 0 Å². The zero-order chi connectivity index (χ0) is 33.6. The van der Waals surface area contributed by atoms with Gasteiger partial charge in [0.2, 0.25) is 0 Å². The van der Waals surface area contributed by atoms with Gasteiger partial charge in [-0.05, 0) is 101 Å². The molecule has 6 aromatic carbocycles. The summed E-state index contributed by atoms with van der Waals surface area (Å²) in [6.07, 6.45) is 4.19. The van der Waals surface area contributed by atoms with Gasteiger partial charge in [0.05, 0.1) is 0 Å². The van der Waals surface area contributed by atoms with Crippen LogP contribution in [-0.2, 0) is 0 Å². The molecule has 0 radical (unpaired) electrons. The number of aromatic nitrogens is 3. The third-order valence-corrected chi connectivity index (χ3v) is 8.73. The van der Waals surface area contributed by atoms with Crippen molar-refractivity contribution in [3.63, 3.8) is 0 Å². The predicted molar refractivity (Wildman–Crippen MR) is 205 cm³/mol. The molecule has 3 heteroatoms. The number of nitrogens with zero attached hydrogens (tertiary/aromatic N) is 3. The molecule has 7 rings (SSSR count). The second-order valence-electron chi connectivity index (χ2n) is 11.8. The molecule has 0 atom stereocenters. The van der Waals surface area contributed by atoms with Gasteiger partial charge in [0.1, 0.15) is 0 Å². The minimum Gasteiger partial charge on any atom is -0.208 e. The van der Waals surface area contributed by atoms with Crippen LogP contribution in [0.2, 0.25) is 0 Å². The molecule has 0 amide bonds. The minimum atomic E-state index is 0.652. The first kappa shape index (κ1) is 32.3. The molecule has 1 aromatic heterocycles. The Morgan fingerprint density at radius 2 is 1.00 bits per heavy atom. The van der Waals surface area contributed by atoms with E-state index in [0.29, 0.717) is 17.5 Å². The highest BCUT2D eigenvalue weighted by Gasteiger charge is 2.16. The SMILES string of the molecule is C/C=C\c1cc(-c2nc(-c3ccc(C)c(-c4cccc(-c5ccccc5)c4C)c3)nc(-c3ccc4ccccc4c3)n2)ccc1C.CC. The maximum Gasteiger partial charge on any atom is 0.164 e. The normalized spacial score (nSPS) is 11.0. The molecule has 48 heavy (non-hydrogen) atoms. The molecule has 7 aromatic rings. The van der Waals surface area contributed by atoms with Gasteiger partial charge < -0.3 is 0 Å². The third-order valence-electron chi connectivity index (χ3n) is 8.73. The maximum absolute atomic E-state index is 5.10. The van der Waals surface area contributed by atoms with Crippen molar-refractivity contribution in [1.82, 2.24) is 15.0 Å². The largest absolute Gasteiger partial charge is 0.208 e. The van der Waals surface area contributed by atoms with Crippen LogP contribution >= 0.6 is 0 Å². The van der Waals surface area contributed by atoms with Gasteiger partial charge in [0.25, 0.3) is 0 Å². The molecule has 1 heterocycles. The predicted octanol–water partition coefficient (Wildman–Crippen LogP) is 12.3. The molecule has 0 aliphatic rings. The van der Waals surface area contributed by atoms with Gasteiger partial charge in [-0.25, -0.2) is 15.0 Å². The lowest BCUT2D eigenvalue weighted by atomic mass is 9.90. The summed E-state index contributed by atoms with van der Waals surface area (Å²) in [4.78, 5) is 15.2. The minimum absolute atomic E-state index is 0.652. The van der Waals surface area contributed by atoms with Crippen molar-refractivity contribution in [2.75, 3.05) is 0 Å². The monoisotopic (exact) mass is 623 g/mol. The topological polar surface area (TPSA) is 38.7 Å². The maximum atomic E-state index is 5.10. The van der Waals surface area contributed by atoms with Crippen LogP contribution in [0.1, 0.15) is 43.0 Å². The van der Waals surface area contributed by atoms with Crippen LogP contribution < -0.4 is 0 Å². The lowest BCUT2D eigenvalue weighted by Crippen LogP contribution is -2.01. The summed E-state index contributed by atoms with van der Waals surface area (Å²) >= 11 is 0. The van der Waals surface area contributed by atoms with E-state index in [4.69, 9.17) is 15.0 Å². The first-order valence-electron chi connectivity index (χ1n) is 16.7. The molecule has 0 saturated carbocycles. The summed E-state index contributed by atoms with van der Waals surface area (Å²) in [6.45, 7) is 12.5. The van der Waals surface area contributed by atoms with E-state index in [2.05, 4.69) is 160 Å². The Bertz CT molecular complexity index is 2250. The number of allylic oxidation sites excluding steroid dienone is 1. The van der Waals surface area contributed by atoms with Crippen LogP contribution in [0, 0.1) is 20.8 Å². The summed E-state index contributed by atoms with van der Waals surface area (Å²) in [7, 11) is 0. The fourth-order valence-corrected chi connectivity index (χ4v) is 6.14. The van der Waals surface area contributed by atoms with Gasteiger partial charge in [0.15, 0.2) is 17.5 Å². The van der Waals surface area contributed by atoms with E-state index >= 15 is 0 Å². The van der Waals surface area contributed by atoms with Crippen molar-refractivity contribution in [1.29, 1.82) is 0 Å². The third kappa shape index (κ3) is 6.59. The van der Waals surface area contributed by atoms with Crippen molar-refractivity contribution in [3.8, 4) is 56.4 Å². The highest BCUT2D eigenvalue weighted by molar-refractivity contribution is 5.87. The number of hydrogen-bond acceptors (Lipinski definition) is 3. The smallest absolute Gasteiger partial charge is 0.164 e. The van der Waals surface area contributed by atoms with Gasteiger partial charge in [0, 0.05) is 16.7 Å². The summed E-state index contributed by atoms with van der Waals surface area (Å²) in [5, 5.41) is 2.34. The Labute approximate surface area is 284 Å². The van der Waals surface area contributed by atoms with Crippen LogP contribution in [-0.4, -0.2) is 15.0 Å². The second kappa shape index (κ2) is 14.4. The standard InChI is InChI=1S/C43H35N3.C2H6/c1-5-12-33-25-35(21-19-28(33)2)41-44-42(36-24-23-31-13-9-10-16-34(31)26-36)46-43(45-41)37-22-20-29(3)40(27-37)39-18-11-17-38(30(39)4)32-14-7-6-8-15-32;1-2/h5-27H,1-4H3;1-2H3/b12-5-;. The molecule has 0 spiro atoms. The van der Waals surface area contributed by atoms with E-state index in [1.54, 1.807) is 0 Å². The van der Waals surface area contributed by atoms with Crippen LogP contribution in [0.4, 0.5) is 0 Å². The molecule has 0 bridgehead atoms. The van der Waals surface area contributed by atoms with Crippen molar-refractivity contribution in [2.45, 2.75) is 41.5 Å². The lowest BCUT2D eigenvalue weighted by molar-refractivity contribution is 1.07. The first-order chi connectivity index (χ1) is 23.5. The van der Waals surface area contributed by atoms with Crippen molar-refractivity contribution >= 4 is 16.8 Å². The molecule has 236 valence electrons. The van der Waals surface area contributed by atoms with Gasteiger partial charge in [-0.3, -0.25) is 0 Å². The van der Waals surface area contributed by atoms with Crippen molar-refractivity contribution < 1.29 is 0 Å². The Balaban J connectivity index is 0.00000197. The number of aryl methyl sites for hydroxylation is 2. The summed E-state index contributed by atoms with van der Waals surface area (Å²) < 4.78 is 0. The van der Waals surface area contributed by atoms with E-state index in [1.165, 1.54) is 44.3 Å². The van der Waals surface area contributed by atoms with E-state index in [9.17, 15) is 0 Å². The highest BCUT2D eigenvalue weighted by atomic mass is 15.0. The van der Waals surface area contributed by atoms with Crippen LogP contribution in [0.15, 0.2) is 133 Å². The molecule has 0 aliphatic carbocycles. The molecule has 0 saturated heterocycles. The van der Waals surface area contributed by atoms with Crippen LogP contribution in [0.25, 0.3) is 73.3 Å². The number of hydrogen-bond donors (Lipinski definition) is 0. The molecule has 0 fully saturated rings. The summed E-state index contributed by atoms with van der Waals surface area (Å²) in [5.41, 5.74) is 12.5. The molecule has 3 nitrogen and oxygen atoms in total. The summed E-state index contributed by atoms with van der Waals surface area (Å²) in [6, 6.07) is 44.9. The number of rotatable bonds is 6. The number of fused-ring (bicyclic) bond motifs is 1. The van der Waals surface area contributed by atoms with Gasteiger partial charge in [-0.1, -0.05) is 135 Å². The average molecular weight is 624 g/mol. The van der Waals surface area contributed by atoms with Crippen molar-refractivity contribution in [3.05, 3.63) is 156 Å². The Morgan fingerprint density at radius 3 is 1.69 bits per heavy atom. The van der Waals surface area contributed by atoms with Gasteiger partial charge in [-0.15, -0.1) is 0 Å². The Kier molecular flexibility index (Phi) is 9.68. The van der Waals surface area contributed by atoms with E-state index < -0.39 is 0 Å². The zero-order valence-electron chi connectivity index (χ0n) is 28.6. The first-order valence-corrected chi connectivity index (χ1v) is 16.7. The molecule has 0 aliphatic heterocycles. The van der Waals surface area contributed by atoms with Crippen LogP contribution in [0.5, 0.6) is 0 Å². The second-order valence-corrected chi connectivity index (χ2v) is 11.8. The molecular weight excluding hydrogens is 583 g/mol. The highest BCUT2D eigenvalue weighted by Crippen LogP contribution is 2.36. The van der Waals surface area contributed by atoms with E-state index in [1.807, 2.05) is 20.8 Å². The number of benzene rings is 6. The fraction of sp³-hybridized carbons (Fsp3) is 0.133. The Morgan fingerprint density at radius 1 is 0.438 bits per heavy atom. The zero-order valence-corrected chi connectivity index (χ0v) is 28.6. The molecule has 0 N–H and O–H groups in total. The average Bonchev–Trinajstić information content (AvgIpc) is 3.14. The lowest BCUT2D eigenvalue weighted by Gasteiger charge is -2.15. The molecular formula is C45H41N3. The van der Waals surface area contributed by atoms with Gasteiger partial charge >= 0.3 is 0 Å². The quantitative estimate of drug-likeness (QED) is 0.185. The van der Waals surface area contributed by atoms with Crippen LogP contribution in [0.3, 0.4) is 0 Å². The van der Waals surface area contributed by atoms with E-state index in [0.717, 1.165) is 27.6 Å².